The second-order valence-electron chi connectivity index (χ2n) is 8.14. The molecule has 1 aliphatic heterocycles. The zero-order valence-corrected chi connectivity index (χ0v) is 18.9. The number of H-pyrrole nitrogens is 1. The number of allylic oxidation sites excluding steroid dienone is 1. The van der Waals surface area contributed by atoms with E-state index in [0.29, 0.717) is 23.4 Å². The number of aromatic nitrogens is 5. The van der Waals surface area contributed by atoms with Crippen LogP contribution in [-0.4, -0.2) is 49.8 Å². The van der Waals surface area contributed by atoms with E-state index in [1.54, 1.807) is 24.4 Å². The molecule has 4 heterocycles. The molecule has 4 rings (SSSR count). The number of anilines is 1. The molecular weight excluding hydrogens is 444 g/mol. The van der Waals surface area contributed by atoms with Crippen molar-refractivity contribution in [3.63, 3.8) is 0 Å². The largest absolute Gasteiger partial charge is 0.382 e. The number of nitrogens with two attached hydrogens (primary N) is 1. The minimum Gasteiger partial charge on any atom is -0.382 e. The third-order valence-electron chi connectivity index (χ3n) is 5.75. The van der Waals surface area contributed by atoms with Gasteiger partial charge in [0.2, 0.25) is 5.91 Å². The van der Waals surface area contributed by atoms with E-state index in [4.69, 9.17) is 10.5 Å². The Bertz CT molecular complexity index is 1210. The van der Waals surface area contributed by atoms with Crippen molar-refractivity contribution in [3.8, 4) is 0 Å². The molecule has 3 aromatic rings. The van der Waals surface area contributed by atoms with Gasteiger partial charge >= 0.3 is 0 Å². The molecule has 0 saturated carbocycles. The summed E-state index contributed by atoms with van der Waals surface area (Å²) < 4.78 is 34.0. The minimum atomic E-state index is -2.64. The number of hydrogen-bond acceptors (Lipinski definition) is 6. The van der Waals surface area contributed by atoms with Gasteiger partial charge < -0.3 is 20.4 Å². The maximum absolute atomic E-state index is 13.6. The zero-order valence-electron chi connectivity index (χ0n) is 18.9. The number of nitrogen functional groups attached to an aromatic ring is 1. The van der Waals surface area contributed by atoms with Crippen molar-refractivity contribution in [2.24, 2.45) is 0 Å². The number of imidazole rings is 1. The van der Waals surface area contributed by atoms with Gasteiger partial charge in [-0.25, -0.2) is 18.7 Å². The summed E-state index contributed by atoms with van der Waals surface area (Å²) in [6.45, 7) is 5.74. The number of alkyl halides is 2. The molecule has 0 bridgehead atoms. The average molecular weight is 472 g/mol. The summed E-state index contributed by atoms with van der Waals surface area (Å²) >= 11 is 0. The van der Waals surface area contributed by atoms with E-state index in [1.807, 2.05) is 6.92 Å². The lowest BCUT2D eigenvalue weighted by Crippen LogP contribution is -2.28. The van der Waals surface area contributed by atoms with Gasteiger partial charge in [0.15, 0.2) is 5.82 Å². The smallest absolute Gasteiger partial charge is 0.256 e. The Labute approximate surface area is 195 Å². The Morgan fingerprint density at radius 3 is 2.94 bits per heavy atom. The Morgan fingerprint density at radius 1 is 1.47 bits per heavy atom. The van der Waals surface area contributed by atoms with Gasteiger partial charge in [0.25, 0.3) is 6.43 Å². The van der Waals surface area contributed by atoms with Crippen LogP contribution >= 0.6 is 0 Å². The van der Waals surface area contributed by atoms with Gasteiger partial charge in [-0.2, -0.15) is 5.10 Å². The van der Waals surface area contributed by atoms with Crippen LogP contribution in [0, 0.1) is 0 Å². The van der Waals surface area contributed by atoms with Crippen LogP contribution in [0.15, 0.2) is 18.8 Å². The van der Waals surface area contributed by atoms with Gasteiger partial charge in [0, 0.05) is 18.4 Å². The number of amides is 1. The molecular formula is C23H27F2N7O2. The maximum atomic E-state index is 13.6. The highest BCUT2D eigenvalue weighted by atomic mass is 19.3. The van der Waals surface area contributed by atoms with Crippen LogP contribution in [0.25, 0.3) is 28.8 Å². The van der Waals surface area contributed by atoms with E-state index in [2.05, 4.69) is 32.1 Å². The molecule has 0 spiro atoms. The highest BCUT2D eigenvalue weighted by Crippen LogP contribution is 2.30. The van der Waals surface area contributed by atoms with Crippen LogP contribution in [-0.2, 0) is 22.6 Å². The quantitative estimate of drug-likeness (QED) is 0.440. The lowest BCUT2D eigenvalue weighted by Gasteiger charge is -2.13. The van der Waals surface area contributed by atoms with Gasteiger partial charge in [0.1, 0.15) is 11.3 Å². The number of ether oxygens (including phenoxy) is 1. The Morgan fingerprint density at radius 2 is 2.29 bits per heavy atom. The third kappa shape index (κ3) is 4.98. The number of rotatable bonds is 9. The summed E-state index contributed by atoms with van der Waals surface area (Å²) in [6.07, 6.45) is 4.18. The van der Waals surface area contributed by atoms with Crippen LogP contribution in [0.3, 0.4) is 0 Å². The summed E-state index contributed by atoms with van der Waals surface area (Å²) in [7, 11) is 0. The van der Waals surface area contributed by atoms with Crippen LogP contribution in [0.2, 0.25) is 0 Å². The van der Waals surface area contributed by atoms with Crippen LogP contribution in [0.4, 0.5) is 14.6 Å². The van der Waals surface area contributed by atoms with E-state index in [0.717, 1.165) is 24.1 Å². The van der Waals surface area contributed by atoms with E-state index >= 15 is 0 Å². The fourth-order valence-corrected chi connectivity index (χ4v) is 4.12. The summed E-state index contributed by atoms with van der Waals surface area (Å²) in [5, 5.41) is 9.58. The number of carbonyl (C=O) groups excluding carboxylic acids is 1. The first-order chi connectivity index (χ1) is 16.4. The molecule has 11 heteroatoms. The summed E-state index contributed by atoms with van der Waals surface area (Å²) in [5.41, 5.74) is 9.48. The lowest BCUT2D eigenvalue weighted by molar-refractivity contribution is -0.123. The lowest BCUT2D eigenvalue weighted by atomic mass is 10.1. The molecule has 34 heavy (non-hydrogen) atoms. The molecule has 1 saturated heterocycles. The summed E-state index contributed by atoms with van der Waals surface area (Å²) in [5.74, 6) is 0.139. The van der Waals surface area contributed by atoms with Crippen molar-refractivity contribution < 1.29 is 18.3 Å². The van der Waals surface area contributed by atoms with Gasteiger partial charge in [0.05, 0.1) is 42.5 Å². The molecule has 0 aromatic carbocycles. The molecule has 0 radical (unpaired) electrons. The van der Waals surface area contributed by atoms with E-state index in [9.17, 15) is 13.6 Å². The highest BCUT2D eigenvalue weighted by Gasteiger charge is 2.23. The van der Waals surface area contributed by atoms with Crippen molar-refractivity contribution in [2.75, 3.05) is 12.3 Å². The Hall–Kier alpha value is -3.60. The standard InChI is InChI=1S/C23H27F2N7O2/c1-3-15-17(9-13(2)16-6-7-28-31-16)29-23(26)21-22(15)32(12-18(24)25)19(30-21)11-27-20(33)10-14-5-4-8-34-14/h3,6-7,9,14,18H,1,4-5,8,10-12H2,2H3,(H2,26,29)(H,27,33)(H,28,31)/b13-9+. The normalized spacial score (nSPS) is 16.5. The van der Waals surface area contributed by atoms with Gasteiger partial charge in [-0.15, -0.1) is 0 Å². The molecule has 1 unspecified atom stereocenters. The topological polar surface area (TPSA) is 124 Å². The third-order valence-corrected chi connectivity index (χ3v) is 5.75. The monoisotopic (exact) mass is 471 g/mol. The molecule has 3 aromatic heterocycles. The molecule has 0 aliphatic carbocycles. The number of fused-ring (bicyclic) bond motifs is 1. The van der Waals surface area contributed by atoms with Gasteiger partial charge in [-0.1, -0.05) is 12.7 Å². The summed E-state index contributed by atoms with van der Waals surface area (Å²) in [4.78, 5) is 21.3. The predicted octanol–water partition coefficient (Wildman–Crippen LogP) is 3.39. The van der Waals surface area contributed by atoms with Crippen molar-refractivity contribution >= 4 is 40.5 Å². The zero-order chi connectivity index (χ0) is 24.2. The summed E-state index contributed by atoms with van der Waals surface area (Å²) in [6, 6.07) is 1.81. The van der Waals surface area contributed by atoms with E-state index in [-0.39, 0.29) is 42.1 Å². The molecule has 180 valence electrons. The highest BCUT2D eigenvalue weighted by molar-refractivity contribution is 5.96. The minimum absolute atomic E-state index is 0.0265. The van der Waals surface area contributed by atoms with Crippen molar-refractivity contribution in [3.05, 3.63) is 41.6 Å². The number of nitrogens with zero attached hydrogens (tertiary/aromatic N) is 4. The first-order valence-electron chi connectivity index (χ1n) is 11.0. The average Bonchev–Trinajstić information content (AvgIpc) is 3.55. The maximum Gasteiger partial charge on any atom is 0.256 e. The van der Waals surface area contributed by atoms with Crippen molar-refractivity contribution in [1.82, 2.24) is 30.0 Å². The molecule has 1 fully saturated rings. The molecule has 1 aliphatic rings. The number of carbonyl (C=O) groups is 1. The molecule has 1 atom stereocenters. The SMILES string of the molecule is C=Cc1c(/C=C(\C)c2ccn[nH]2)nc(N)c2nc(CNC(=O)CC3CCCO3)n(CC(F)F)c12. The number of aromatic amines is 1. The Kier molecular flexibility index (Phi) is 7.01. The number of hydrogen-bond donors (Lipinski definition) is 3. The fourth-order valence-electron chi connectivity index (χ4n) is 4.12. The second kappa shape index (κ2) is 10.1. The van der Waals surface area contributed by atoms with Crippen LogP contribution < -0.4 is 11.1 Å². The van der Waals surface area contributed by atoms with Crippen molar-refractivity contribution in [1.29, 1.82) is 0 Å². The second-order valence-corrected chi connectivity index (χ2v) is 8.14. The molecule has 9 nitrogen and oxygen atoms in total. The first-order valence-corrected chi connectivity index (χ1v) is 11.0. The first kappa shape index (κ1) is 23.6. The van der Waals surface area contributed by atoms with Gasteiger partial charge in [-0.05, 0) is 37.5 Å². The Balaban J connectivity index is 1.72. The number of halogens is 2. The molecule has 4 N–H and O–H groups in total. The van der Waals surface area contributed by atoms with E-state index in [1.165, 1.54) is 4.57 Å². The van der Waals surface area contributed by atoms with Crippen LogP contribution in [0.5, 0.6) is 0 Å². The molecule has 1 amide bonds. The van der Waals surface area contributed by atoms with E-state index < -0.39 is 13.0 Å². The number of pyridine rings is 1. The predicted molar refractivity (Wildman–Crippen MR) is 126 cm³/mol. The fraction of sp³-hybridized carbons (Fsp3) is 0.391. The number of nitrogens with one attached hydrogen (secondary N) is 2. The van der Waals surface area contributed by atoms with Crippen molar-refractivity contribution in [2.45, 2.75) is 51.8 Å². The van der Waals surface area contributed by atoms with Crippen LogP contribution in [0.1, 0.15) is 49.0 Å². The van der Waals surface area contributed by atoms with Gasteiger partial charge in [-0.3, -0.25) is 9.89 Å².